The molecule has 5 nitrogen and oxygen atoms in total. The van der Waals surface area contributed by atoms with Crippen molar-refractivity contribution >= 4 is 41.7 Å². The zero-order chi connectivity index (χ0) is 18.8. The lowest BCUT2D eigenvalue weighted by Crippen LogP contribution is -2.51. The number of benzene rings is 1. The minimum absolute atomic E-state index is 0. The van der Waals surface area contributed by atoms with Crippen molar-refractivity contribution in [2.24, 2.45) is 4.99 Å². The van der Waals surface area contributed by atoms with Crippen LogP contribution in [0.2, 0.25) is 0 Å². The highest BCUT2D eigenvalue weighted by atomic mass is 127. The lowest BCUT2D eigenvalue weighted by atomic mass is 10.2. The molecule has 1 saturated heterocycles. The molecule has 0 aliphatic carbocycles. The lowest BCUT2D eigenvalue weighted by molar-refractivity contribution is 0.119. The highest BCUT2D eigenvalue weighted by Gasteiger charge is 2.21. The third kappa shape index (κ3) is 9.45. The van der Waals surface area contributed by atoms with Gasteiger partial charge in [-0.25, -0.2) is 4.39 Å². The molecule has 2 rings (SSSR count). The molecule has 0 bridgehead atoms. The Balaban J connectivity index is 0.00000364. The maximum atomic E-state index is 12.9. The average Bonchev–Trinajstić information content (AvgIpc) is 2.63. The summed E-state index contributed by atoms with van der Waals surface area (Å²) in [4.78, 5) is 10.6. The van der Waals surface area contributed by atoms with Crippen molar-refractivity contribution in [3.63, 3.8) is 0 Å². The first-order valence-corrected chi connectivity index (χ1v) is 10.4. The molecule has 1 heterocycles. The van der Waals surface area contributed by atoms with Crippen LogP contribution in [-0.4, -0.2) is 80.9 Å². The van der Waals surface area contributed by atoms with E-state index in [9.17, 15) is 4.39 Å². The molecule has 1 fully saturated rings. The van der Waals surface area contributed by atoms with Crippen molar-refractivity contribution < 1.29 is 4.39 Å². The smallest absolute Gasteiger partial charge is 0.191 e. The van der Waals surface area contributed by atoms with Gasteiger partial charge in [0.1, 0.15) is 5.82 Å². The number of guanidine groups is 1. The predicted octanol–water partition coefficient (Wildman–Crippen LogP) is 2.73. The first-order chi connectivity index (χ1) is 12.6. The van der Waals surface area contributed by atoms with Crippen LogP contribution in [0, 0.1) is 5.82 Å². The van der Waals surface area contributed by atoms with Crippen LogP contribution in [0.3, 0.4) is 0 Å². The van der Waals surface area contributed by atoms with Gasteiger partial charge in [-0.3, -0.25) is 9.89 Å². The molecule has 0 amide bonds. The highest BCUT2D eigenvalue weighted by Crippen LogP contribution is 2.18. The summed E-state index contributed by atoms with van der Waals surface area (Å²) in [5.41, 5.74) is 0. The van der Waals surface area contributed by atoms with E-state index in [4.69, 9.17) is 4.99 Å². The van der Waals surface area contributed by atoms with Gasteiger partial charge in [0.2, 0.25) is 0 Å². The second kappa shape index (κ2) is 13.6. The van der Waals surface area contributed by atoms with Crippen LogP contribution >= 0.6 is 35.7 Å². The van der Waals surface area contributed by atoms with E-state index in [1.165, 1.54) is 12.1 Å². The number of piperazine rings is 1. The van der Waals surface area contributed by atoms with Crippen molar-refractivity contribution in [2.45, 2.75) is 24.3 Å². The van der Waals surface area contributed by atoms with E-state index in [0.29, 0.717) is 6.04 Å². The van der Waals surface area contributed by atoms with Crippen LogP contribution in [0.4, 0.5) is 4.39 Å². The molecule has 154 valence electrons. The normalized spacial score (nSPS) is 18.8. The van der Waals surface area contributed by atoms with Gasteiger partial charge in [0, 0.05) is 43.7 Å². The summed E-state index contributed by atoms with van der Waals surface area (Å²) < 4.78 is 12.9. The molecule has 0 saturated carbocycles. The molecule has 27 heavy (non-hydrogen) atoms. The summed E-state index contributed by atoms with van der Waals surface area (Å²) in [6.45, 7) is 7.91. The number of thioether (sulfide) groups is 1. The Bertz CT molecular complexity index is 558. The number of likely N-dealkylation sites (N-methyl/N-ethyl adjacent to an activating group) is 2. The largest absolute Gasteiger partial charge is 0.357 e. The molecular weight excluding hydrogens is 476 g/mol. The predicted molar refractivity (Wildman–Crippen MR) is 125 cm³/mol. The molecule has 1 aliphatic rings. The first kappa shape index (κ1) is 24.5. The standard InChI is InChI=1S/C19H32FN5S.HI/c1-4-21-19(23-14-17-15-24(2)11-12-25(17)3)22-10-5-13-26-18-8-6-16(20)7-9-18;/h6-9,17H,4-5,10-15H2,1-3H3,(H2,21,22,23);1H. The van der Waals surface area contributed by atoms with Gasteiger partial charge >= 0.3 is 0 Å². The molecular formula is C19H33FIN5S. The summed E-state index contributed by atoms with van der Waals surface area (Å²) in [5, 5.41) is 6.74. The van der Waals surface area contributed by atoms with Crippen LogP contribution in [0.25, 0.3) is 0 Å². The molecule has 1 aromatic carbocycles. The Morgan fingerprint density at radius 3 is 2.67 bits per heavy atom. The Kier molecular flexibility index (Phi) is 12.3. The number of hydrogen-bond donors (Lipinski definition) is 2. The molecule has 1 unspecified atom stereocenters. The van der Waals surface area contributed by atoms with Crippen LogP contribution < -0.4 is 10.6 Å². The quantitative estimate of drug-likeness (QED) is 0.186. The molecule has 0 spiro atoms. The summed E-state index contributed by atoms with van der Waals surface area (Å²) in [6.07, 6.45) is 1.03. The van der Waals surface area contributed by atoms with Crippen LogP contribution in [0.15, 0.2) is 34.2 Å². The van der Waals surface area contributed by atoms with Crippen molar-refractivity contribution in [1.29, 1.82) is 0 Å². The topological polar surface area (TPSA) is 42.9 Å². The molecule has 0 radical (unpaired) electrons. The summed E-state index contributed by atoms with van der Waals surface area (Å²) in [5.74, 6) is 1.70. The lowest BCUT2D eigenvalue weighted by Gasteiger charge is -2.36. The molecule has 8 heteroatoms. The third-order valence-corrected chi connectivity index (χ3v) is 5.58. The van der Waals surface area contributed by atoms with E-state index in [2.05, 4.69) is 41.5 Å². The van der Waals surface area contributed by atoms with Crippen LogP contribution in [0.5, 0.6) is 0 Å². The fourth-order valence-electron chi connectivity index (χ4n) is 2.84. The van der Waals surface area contributed by atoms with Gasteiger partial charge in [0.25, 0.3) is 0 Å². The fourth-order valence-corrected chi connectivity index (χ4v) is 3.69. The maximum absolute atomic E-state index is 12.9. The van der Waals surface area contributed by atoms with E-state index in [1.807, 2.05) is 12.1 Å². The Labute approximate surface area is 184 Å². The number of nitrogens with zero attached hydrogens (tertiary/aromatic N) is 3. The second-order valence-corrected chi connectivity index (χ2v) is 7.87. The Hall–Kier alpha value is -0.580. The fraction of sp³-hybridized carbons (Fsp3) is 0.632. The number of aliphatic imine (C=N–C) groups is 1. The molecule has 1 aromatic rings. The van der Waals surface area contributed by atoms with Gasteiger partial charge in [-0.15, -0.1) is 35.7 Å². The van der Waals surface area contributed by atoms with Crippen molar-refractivity contribution in [2.75, 3.05) is 59.1 Å². The van der Waals surface area contributed by atoms with Gasteiger partial charge in [-0.1, -0.05) is 0 Å². The van der Waals surface area contributed by atoms with E-state index >= 15 is 0 Å². The maximum Gasteiger partial charge on any atom is 0.191 e. The monoisotopic (exact) mass is 509 g/mol. The van der Waals surface area contributed by atoms with Crippen LogP contribution in [0.1, 0.15) is 13.3 Å². The van der Waals surface area contributed by atoms with Gasteiger partial charge in [-0.05, 0) is 57.5 Å². The Morgan fingerprint density at radius 2 is 1.96 bits per heavy atom. The van der Waals surface area contributed by atoms with E-state index in [-0.39, 0.29) is 29.8 Å². The molecule has 1 atom stereocenters. The van der Waals surface area contributed by atoms with Gasteiger partial charge in [0.05, 0.1) is 6.54 Å². The summed E-state index contributed by atoms with van der Waals surface area (Å²) in [6, 6.07) is 7.15. The number of halogens is 2. The molecule has 2 N–H and O–H groups in total. The summed E-state index contributed by atoms with van der Waals surface area (Å²) >= 11 is 1.75. The number of nitrogens with one attached hydrogen (secondary N) is 2. The first-order valence-electron chi connectivity index (χ1n) is 9.38. The summed E-state index contributed by atoms with van der Waals surface area (Å²) in [7, 11) is 4.35. The average molecular weight is 509 g/mol. The van der Waals surface area contributed by atoms with Crippen molar-refractivity contribution in [3.8, 4) is 0 Å². The molecule has 0 aromatic heterocycles. The third-order valence-electron chi connectivity index (χ3n) is 4.48. The van der Waals surface area contributed by atoms with Gasteiger partial charge in [-0.2, -0.15) is 0 Å². The highest BCUT2D eigenvalue weighted by molar-refractivity contribution is 14.0. The van der Waals surface area contributed by atoms with E-state index in [0.717, 1.165) is 62.3 Å². The molecule has 1 aliphatic heterocycles. The number of hydrogen-bond acceptors (Lipinski definition) is 4. The Morgan fingerprint density at radius 1 is 1.22 bits per heavy atom. The van der Waals surface area contributed by atoms with Gasteiger partial charge in [0.15, 0.2) is 5.96 Å². The minimum Gasteiger partial charge on any atom is -0.357 e. The van der Waals surface area contributed by atoms with Crippen LogP contribution in [-0.2, 0) is 0 Å². The zero-order valence-corrected chi connectivity index (χ0v) is 19.7. The van der Waals surface area contributed by atoms with Gasteiger partial charge < -0.3 is 15.5 Å². The zero-order valence-electron chi connectivity index (χ0n) is 16.6. The van der Waals surface area contributed by atoms with E-state index in [1.54, 1.807) is 11.8 Å². The minimum atomic E-state index is -0.183. The second-order valence-electron chi connectivity index (χ2n) is 6.70. The number of rotatable bonds is 8. The van der Waals surface area contributed by atoms with E-state index < -0.39 is 0 Å². The van der Waals surface area contributed by atoms with Crippen molar-refractivity contribution in [1.82, 2.24) is 20.4 Å². The SMILES string of the molecule is CCNC(=NCC1CN(C)CCN1C)NCCCSc1ccc(F)cc1.I. The van der Waals surface area contributed by atoms with Crippen molar-refractivity contribution in [3.05, 3.63) is 30.1 Å².